The summed E-state index contributed by atoms with van der Waals surface area (Å²) < 4.78 is 5.23. The molecule has 0 aromatic heterocycles. The Morgan fingerprint density at radius 1 is 1.23 bits per heavy atom. The Bertz CT molecular complexity index is 872. The number of carbonyl (C=O) groups is 1. The zero-order valence-corrected chi connectivity index (χ0v) is 19.5. The number of aliphatic hydroxyl groups is 1. The lowest BCUT2D eigenvalue weighted by Crippen LogP contribution is -2.62. The van der Waals surface area contributed by atoms with E-state index in [2.05, 4.69) is 24.4 Å². The predicted octanol–water partition coefficient (Wildman–Crippen LogP) is 3.43. The van der Waals surface area contributed by atoms with Crippen LogP contribution in [0.3, 0.4) is 0 Å². The second-order valence-electron chi connectivity index (χ2n) is 11.1. The number of fused-ring (bicyclic) bond motifs is 5. The van der Waals surface area contributed by atoms with Crippen LogP contribution in [0.15, 0.2) is 16.8 Å². The first kappa shape index (κ1) is 21.4. The molecule has 0 spiro atoms. The molecule has 4 aliphatic carbocycles. The number of rotatable bonds is 2. The van der Waals surface area contributed by atoms with Crippen LogP contribution in [0.4, 0.5) is 0 Å². The second kappa shape index (κ2) is 7.27. The molecule has 31 heavy (non-hydrogen) atoms. The van der Waals surface area contributed by atoms with Crippen LogP contribution >= 0.6 is 12.2 Å². The third-order valence-corrected chi connectivity index (χ3v) is 10.2. The van der Waals surface area contributed by atoms with Crippen molar-refractivity contribution in [3.63, 3.8) is 0 Å². The van der Waals surface area contributed by atoms with Crippen molar-refractivity contribution in [1.29, 1.82) is 0 Å². The summed E-state index contributed by atoms with van der Waals surface area (Å²) in [6, 6.07) is 0. The van der Waals surface area contributed by atoms with Gasteiger partial charge in [0.25, 0.3) is 0 Å². The number of carbonyl (C=O) groups excluding carboxylic acids is 1. The van der Waals surface area contributed by atoms with E-state index in [-0.39, 0.29) is 27.8 Å². The molecular weight excluding hydrogens is 410 g/mol. The van der Waals surface area contributed by atoms with E-state index in [0.717, 1.165) is 63.4 Å². The van der Waals surface area contributed by atoms with Crippen LogP contribution in [0.2, 0.25) is 0 Å². The highest BCUT2D eigenvalue weighted by Crippen LogP contribution is 2.69. The van der Waals surface area contributed by atoms with Crippen LogP contribution in [-0.4, -0.2) is 34.1 Å². The summed E-state index contributed by atoms with van der Waals surface area (Å²) >= 11 is 4.90. The molecule has 5 aliphatic rings. The van der Waals surface area contributed by atoms with Crippen LogP contribution in [0, 0.1) is 34.5 Å². The first-order chi connectivity index (χ1) is 14.7. The minimum Gasteiger partial charge on any atom is -0.458 e. The maximum atomic E-state index is 12.2. The Morgan fingerprint density at radius 3 is 2.74 bits per heavy atom. The summed E-state index contributed by atoms with van der Waals surface area (Å²) in [5.41, 5.74) is 10.0. The number of nitrogens with zero attached hydrogens (tertiary/aromatic N) is 1. The molecule has 7 atom stereocenters. The van der Waals surface area contributed by atoms with Gasteiger partial charge in [-0.25, -0.2) is 4.79 Å². The number of hydrogen-bond acceptors (Lipinski definition) is 5. The van der Waals surface area contributed by atoms with Crippen molar-refractivity contribution in [3.8, 4) is 0 Å². The quantitative estimate of drug-likeness (QED) is 0.342. The maximum absolute atomic E-state index is 12.2. The van der Waals surface area contributed by atoms with E-state index < -0.39 is 5.60 Å². The van der Waals surface area contributed by atoms with Crippen molar-refractivity contribution in [3.05, 3.63) is 11.6 Å². The lowest BCUT2D eigenvalue weighted by atomic mass is 9.43. The molecule has 170 valence electrons. The number of nitrogens with one attached hydrogen (secondary N) is 1. The van der Waals surface area contributed by atoms with E-state index in [1.54, 1.807) is 6.08 Å². The smallest absolute Gasteiger partial charge is 0.331 e. The molecule has 7 heteroatoms. The molecule has 4 N–H and O–H groups in total. The Kier molecular flexibility index (Phi) is 5.02. The third-order valence-electron chi connectivity index (χ3n) is 10.1. The first-order valence-corrected chi connectivity index (χ1v) is 12.3. The van der Waals surface area contributed by atoms with Crippen LogP contribution in [0.25, 0.3) is 0 Å². The number of hydrazone groups is 1. The summed E-state index contributed by atoms with van der Waals surface area (Å²) in [5.74, 6) is 1.52. The summed E-state index contributed by atoms with van der Waals surface area (Å²) in [5, 5.41) is 16.9. The molecule has 0 amide bonds. The van der Waals surface area contributed by atoms with Gasteiger partial charge in [0.15, 0.2) is 5.11 Å². The molecule has 0 bridgehead atoms. The normalized spacial score (nSPS) is 47.8. The lowest BCUT2D eigenvalue weighted by Gasteiger charge is -2.63. The zero-order valence-electron chi connectivity index (χ0n) is 18.7. The Balaban J connectivity index is 1.39. The van der Waals surface area contributed by atoms with Crippen molar-refractivity contribution >= 4 is 29.0 Å². The van der Waals surface area contributed by atoms with Gasteiger partial charge in [0.05, 0.1) is 5.60 Å². The molecule has 4 saturated carbocycles. The van der Waals surface area contributed by atoms with E-state index in [4.69, 9.17) is 22.7 Å². The third kappa shape index (κ3) is 3.10. The van der Waals surface area contributed by atoms with Crippen LogP contribution in [0.1, 0.15) is 71.6 Å². The molecule has 0 saturated heterocycles. The zero-order chi connectivity index (χ0) is 22.0. The topological polar surface area (TPSA) is 96.9 Å². The van der Waals surface area contributed by atoms with Gasteiger partial charge in [-0.2, -0.15) is 5.10 Å². The average molecular weight is 446 g/mol. The molecule has 5 rings (SSSR count). The Labute approximate surface area is 190 Å². The van der Waals surface area contributed by atoms with E-state index in [9.17, 15) is 9.90 Å². The molecule has 6 nitrogen and oxygen atoms in total. The van der Waals surface area contributed by atoms with Crippen molar-refractivity contribution in [2.75, 3.05) is 6.61 Å². The van der Waals surface area contributed by atoms with Gasteiger partial charge in [-0.1, -0.05) is 13.8 Å². The van der Waals surface area contributed by atoms with Gasteiger partial charge in [0, 0.05) is 17.2 Å². The van der Waals surface area contributed by atoms with E-state index in [0.29, 0.717) is 24.4 Å². The fourth-order valence-corrected chi connectivity index (χ4v) is 8.49. The second-order valence-corrected chi connectivity index (χ2v) is 11.6. The van der Waals surface area contributed by atoms with Gasteiger partial charge in [-0.05, 0) is 105 Å². The van der Waals surface area contributed by atoms with Crippen molar-refractivity contribution in [1.82, 2.24) is 5.43 Å². The number of ether oxygens (including phenoxy) is 1. The van der Waals surface area contributed by atoms with Crippen LogP contribution in [0.5, 0.6) is 0 Å². The first-order valence-electron chi connectivity index (χ1n) is 11.9. The van der Waals surface area contributed by atoms with E-state index >= 15 is 0 Å². The molecule has 4 fully saturated rings. The fraction of sp³-hybridized carbons (Fsp3) is 0.792. The standard InChI is InChI=1S/C24H35N3O3S/c1-22-8-5-16(26-27-21(25)31)12-15(22)3-4-19-18(22)6-9-23(2)17(7-10-24(19,23)29)14-11-20(28)30-13-14/h11,15,17-19,29H,3-10,12-13H2,1-2H3,(H3,25,27,31)/b26-16+/t15?,17?,18-,19?,22-,23+,24?/m1/s1. The van der Waals surface area contributed by atoms with Gasteiger partial charge in [-0.3, -0.25) is 5.43 Å². The van der Waals surface area contributed by atoms with Gasteiger partial charge < -0.3 is 15.6 Å². The highest BCUT2D eigenvalue weighted by atomic mass is 32.1. The van der Waals surface area contributed by atoms with Gasteiger partial charge in [0.2, 0.25) is 0 Å². The summed E-state index contributed by atoms with van der Waals surface area (Å²) in [7, 11) is 0. The summed E-state index contributed by atoms with van der Waals surface area (Å²) in [6.45, 7) is 5.16. The SMILES string of the molecule is C[C@@]12CC[C@@H]3C(CCC4C/C(=N/NC(N)=S)CC[C@]43C)C1(O)CCC2C1=CC(=O)OC1. The van der Waals surface area contributed by atoms with Crippen LogP contribution < -0.4 is 11.2 Å². The Hall–Kier alpha value is -1.47. The Morgan fingerprint density at radius 2 is 2.03 bits per heavy atom. The van der Waals surface area contributed by atoms with Crippen LogP contribution in [-0.2, 0) is 9.53 Å². The lowest BCUT2D eigenvalue weighted by molar-refractivity contribution is -0.200. The highest BCUT2D eigenvalue weighted by molar-refractivity contribution is 7.80. The maximum Gasteiger partial charge on any atom is 0.331 e. The van der Waals surface area contributed by atoms with Gasteiger partial charge in [0.1, 0.15) is 6.61 Å². The van der Waals surface area contributed by atoms with Gasteiger partial charge >= 0.3 is 5.97 Å². The number of cyclic esters (lactones) is 1. The molecule has 0 radical (unpaired) electrons. The molecule has 4 unspecified atom stereocenters. The van der Waals surface area contributed by atoms with Crippen molar-refractivity contribution in [2.45, 2.75) is 77.2 Å². The van der Waals surface area contributed by atoms with E-state index in [1.807, 2.05) is 0 Å². The molecule has 1 aliphatic heterocycles. The minimum absolute atomic E-state index is 0.167. The molecule has 1 heterocycles. The minimum atomic E-state index is -0.650. The largest absolute Gasteiger partial charge is 0.458 e. The molecule has 0 aromatic carbocycles. The number of nitrogens with two attached hydrogens (primary N) is 1. The average Bonchev–Trinajstić information content (AvgIpc) is 3.26. The van der Waals surface area contributed by atoms with Crippen molar-refractivity contribution in [2.24, 2.45) is 45.3 Å². The fourth-order valence-electron chi connectivity index (χ4n) is 8.45. The highest BCUT2D eigenvalue weighted by Gasteiger charge is 2.67. The summed E-state index contributed by atoms with van der Waals surface area (Å²) in [4.78, 5) is 11.7. The monoisotopic (exact) mass is 445 g/mol. The molecular formula is C24H35N3O3S. The number of hydrogen-bond donors (Lipinski definition) is 3. The predicted molar refractivity (Wildman–Crippen MR) is 123 cm³/mol. The summed E-state index contributed by atoms with van der Waals surface area (Å²) in [6.07, 6.45) is 11.0. The number of thiocarbonyl (C=S) groups is 1. The number of esters is 1. The van der Waals surface area contributed by atoms with Crippen molar-refractivity contribution < 1.29 is 14.6 Å². The van der Waals surface area contributed by atoms with E-state index in [1.165, 1.54) is 5.71 Å². The molecule has 0 aromatic rings. The van der Waals surface area contributed by atoms with Gasteiger partial charge in [-0.15, -0.1) is 0 Å².